The van der Waals surface area contributed by atoms with Crippen LogP contribution in [-0.4, -0.2) is 41.5 Å². The number of carbonyl (C=O) groups is 1. The molecule has 0 bridgehead atoms. The molecule has 0 saturated heterocycles. The van der Waals surface area contributed by atoms with Crippen LogP contribution < -0.4 is 32.2 Å². The van der Waals surface area contributed by atoms with Crippen molar-refractivity contribution in [3.8, 4) is 0 Å². The highest BCUT2D eigenvalue weighted by Gasteiger charge is 2.17. The number of aryl methyl sites for hydroxylation is 1. The fourth-order valence-electron chi connectivity index (χ4n) is 5.73. The van der Waals surface area contributed by atoms with Gasteiger partial charge in [0.15, 0.2) is 12.4 Å². The normalized spacial score (nSPS) is 12.6. The lowest BCUT2D eigenvalue weighted by atomic mass is 10.0. The van der Waals surface area contributed by atoms with E-state index in [-0.39, 0.29) is 29.6 Å². The Morgan fingerprint density at radius 1 is 0.689 bits per heavy atom. The fraction of sp³-hybridized carbons (Fsp3) is 0.789. The summed E-state index contributed by atoms with van der Waals surface area (Å²) in [7, 11) is 0. The Hall–Kier alpha value is -1.44. The van der Waals surface area contributed by atoms with Crippen molar-refractivity contribution in [3.05, 3.63) is 42.7 Å². The van der Waals surface area contributed by atoms with Gasteiger partial charge in [-0.25, -0.2) is 9.36 Å². The summed E-state index contributed by atoms with van der Waals surface area (Å²) in [6.45, 7) is 3.73. The standard InChI is InChI=1S/C38H69N3O3.BrH/c1-2-3-4-5-6-7-8-13-16-19-22-26-31-39-38(44)40-36(35-42)37(43)30-25-21-18-15-12-10-9-11-14-17-20-23-27-32-41-33-28-24-29-34-41;/h24-25,28-30,33-34,36-37,42-43H,2-23,26-27,31-32,35H2,1H3,(H-,39,40,44);1H/b30-25+;/t36-,37-;/m0./s1. The van der Waals surface area contributed by atoms with Crippen molar-refractivity contribution in [1.29, 1.82) is 0 Å². The SMILES string of the molecule is CCCCCCCCCCCCCCNC(=O)N[C@@H](CO)[C@@H](O)/C=C/CCCCCCCCCCCCC[n+]1ccccc1.[Br-]. The van der Waals surface area contributed by atoms with Crippen LogP contribution in [0.4, 0.5) is 4.79 Å². The average molecular weight is 697 g/mol. The van der Waals surface area contributed by atoms with Gasteiger partial charge in [-0.15, -0.1) is 0 Å². The van der Waals surface area contributed by atoms with E-state index >= 15 is 0 Å². The van der Waals surface area contributed by atoms with Crippen LogP contribution in [0.2, 0.25) is 0 Å². The Labute approximate surface area is 288 Å². The third kappa shape index (κ3) is 28.5. The molecule has 0 radical (unpaired) electrons. The van der Waals surface area contributed by atoms with Gasteiger partial charge in [0.2, 0.25) is 0 Å². The zero-order valence-electron chi connectivity index (χ0n) is 28.9. The molecule has 0 unspecified atom stereocenters. The van der Waals surface area contributed by atoms with E-state index in [1.807, 2.05) is 6.08 Å². The third-order valence-corrected chi connectivity index (χ3v) is 8.64. The molecule has 2 amide bonds. The molecular formula is C38H70BrN3O3. The van der Waals surface area contributed by atoms with E-state index in [9.17, 15) is 15.0 Å². The van der Waals surface area contributed by atoms with Crippen molar-refractivity contribution in [3.63, 3.8) is 0 Å². The van der Waals surface area contributed by atoms with Crippen molar-refractivity contribution >= 4 is 6.03 Å². The minimum atomic E-state index is -0.880. The molecule has 0 aliphatic heterocycles. The molecule has 262 valence electrons. The molecule has 7 heteroatoms. The number of carbonyl (C=O) groups excluding carboxylic acids is 1. The summed E-state index contributed by atoms with van der Waals surface area (Å²) in [5, 5.41) is 25.6. The van der Waals surface area contributed by atoms with Gasteiger partial charge in [0.1, 0.15) is 6.54 Å². The van der Waals surface area contributed by atoms with Gasteiger partial charge in [-0.2, -0.15) is 0 Å². The average Bonchev–Trinajstić information content (AvgIpc) is 3.04. The molecule has 4 N–H and O–H groups in total. The van der Waals surface area contributed by atoms with Gasteiger partial charge in [-0.3, -0.25) is 0 Å². The van der Waals surface area contributed by atoms with Crippen LogP contribution in [0.1, 0.15) is 161 Å². The number of hydrogen-bond acceptors (Lipinski definition) is 3. The Balaban J connectivity index is 0.0000194. The van der Waals surface area contributed by atoms with Gasteiger partial charge in [0, 0.05) is 25.1 Å². The number of nitrogens with one attached hydrogen (secondary N) is 2. The largest absolute Gasteiger partial charge is 1.00 e. The van der Waals surface area contributed by atoms with E-state index in [2.05, 4.69) is 52.7 Å². The van der Waals surface area contributed by atoms with Gasteiger partial charge in [0.05, 0.1) is 18.8 Å². The second kappa shape index (κ2) is 33.9. The first-order valence-electron chi connectivity index (χ1n) is 18.6. The minimum Gasteiger partial charge on any atom is -1.00 e. The Kier molecular flexibility index (Phi) is 32.8. The third-order valence-electron chi connectivity index (χ3n) is 8.64. The maximum atomic E-state index is 12.2. The van der Waals surface area contributed by atoms with Crippen LogP contribution >= 0.6 is 0 Å². The number of hydrogen-bond donors (Lipinski definition) is 4. The number of nitrogens with zero attached hydrogens (tertiary/aromatic N) is 1. The first-order valence-corrected chi connectivity index (χ1v) is 18.6. The van der Waals surface area contributed by atoms with E-state index in [0.717, 1.165) is 32.2 Å². The summed E-state index contributed by atoms with van der Waals surface area (Å²) in [6, 6.07) is 5.25. The van der Waals surface area contributed by atoms with Crippen LogP contribution in [0.25, 0.3) is 0 Å². The highest BCUT2D eigenvalue weighted by molar-refractivity contribution is 5.74. The molecule has 2 atom stereocenters. The second-order valence-corrected chi connectivity index (χ2v) is 12.8. The van der Waals surface area contributed by atoms with E-state index in [4.69, 9.17) is 0 Å². The molecule has 1 rings (SSSR count). The monoisotopic (exact) mass is 695 g/mol. The van der Waals surface area contributed by atoms with E-state index in [1.54, 1.807) is 6.08 Å². The van der Waals surface area contributed by atoms with Gasteiger partial charge < -0.3 is 37.8 Å². The molecule has 0 fully saturated rings. The van der Waals surface area contributed by atoms with Gasteiger partial charge >= 0.3 is 6.03 Å². The summed E-state index contributed by atoms with van der Waals surface area (Å²) in [6.07, 6.45) is 37.8. The van der Waals surface area contributed by atoms with Crippen molar-refractivity contribution in [2.24, 2.45) is 0 Å². The van der Waals surface area contributed by atoms with Gasteiger partial charge in [-0.05, 0) is 25.7 Å². The van der Waals surface area contributed by atoms with Crippen molar-refractivity contribution < 1.29 is 36.6 Å². The molecule has 0 aliphatic carbocycles. The topological polar surface area (TPSA) is 85.5 Å². The summed E-state index contributed by atoms with van der Waals surface area (Å²) in [4.78, 5) is 12.2. The molecule has 1 aromatic rings. The number of aliphatic hydroxyl groups is 2. The highest BCUT2D eigenvalue weighted by Crippen LogP contribution is 2.13. The number of aromatic nitrogens is 1. The van der Waals surface area contributed by atoms with Crippen LogP contribution in [0.5, 0.6) is 0 Å². The minimum absolute atomic E-state index is 0. The lowest BCUT2D eigenvalue weighted by Crippen LogP contribution is -3.00. The lowest BCUT2D eigenvalue weighted by Gasteiger charge is -2.20. The zero-order chi connectivity index (χ0) is 31.8. The van der Waals surface area contributed by atoms with Gasteiger partial charge in [-0.1, -0.05) is 147 Å². The first kappa shape index (κ1) is 43.6. The van der Waals surface area contributed by atoms with Crippen LogP contribution in [-0.2, 0) is 6.54 Å². The maximum Gasteiger partial charge on any atom is 0.315 e. The van der Waals surface area contributed by atoms with Gasteiger partial charge in [0.25, 0.3) is 0 Å². The molecule has 0 aliphatic rings. The number of halogens is 1. The van der Waals surface area contributed by atoms with E-state index in [1.165, 1.54) is 128 Å². The fourth-order valence-corrected chi connectivity index (χ4v) is 5.73. The Morgan fingerprint density at radius 3 is 1.67 bits per heavy atom. The molecular weight excluding hydrogens is 626 g/mol. The summed E-state index contributed by atoms with van der Waals surface area (Å²) < 4.78 is 2.27. The quantitative estimate of drug-likeness (QED) is 0.0441. The number of allylic oxidation sites excluding steroid dienone is 1. The first-order chi connectivity index (χ1) is 21.7. The number of rotatable bonds is 31. The number of amides is 2. The van der Waals surface area contributed by atoms with Crippen LogP contribution in [0.15, 0.2) is 42.7 Å². The molecule has 0 spiro atoms. The predicted molar refractivity (Wildman–Crippen MR) is 186 cm³/mol. The molecule has 6 nitrogen and oxygen atoms in total. The molecule has 0 saturated carbocycles. The summed E-state index contributed by atoms with van der Waals surface area (Å²) >= 11 is 0. The number of pyridine rings is 1. The van der Waals surface area contributed by atoms with Crippen molar-refractivity contribution in [2.45, 2.75) is 180 Å². The van der Waals surface area contributed by atoms with E-state index in [0.29, 0.717) is 6.54 Å². The summed E-state index contributed by atoms with van der Waals surface area (Å²) in [5.41, 5.74) is 0. The predicted octanol–water partition coefficient (Wildman–Crippen LogP) is 5.94. The molecule has 45 heavy (non-hydrogen) atoms. The lowest BCUT2D eigenvalue weighted by molar-refractivity contribution is -0.697. The van der Waals surface area contributed by atoms with Crippen molar-refractivity contribution in [1.82, 2.24) is 10.6 Å². The number of urea groups is 1. The Morgan fingerprint density at radius 2 is 1.16 bits per heavy atom. The van der Waals surface area contributed by atoms with E-state index < -0.39 is 12.1 Å². The zero-order valence-corrected chi connectivity index (χ0v) is 30.5. The Bertz CT molecular complexity index is 781. The molecule has 1 heterocycles. The smallest absolute Gasteiger partial charge is 0.315 e. The molecule has 0 aromatic carbocycles. The molecule has 1 aromatic heterocycles. The maximum absolute atomic E-state index is 12.2. The summed E-state index contributed by atoms with van der Waals surface area (Å²) in [5.74, 6) is 0. The van der Waals surface area contributed by atoms with Crippen LogP contribution in [0.3, 0.4) is 0 Å². The number of unbranched alkanes of at least 4 members (excludes halogenated alkanes) is 22. The second-order valence-electron chi connectivity index (χ2n) is 12.8. The number of aliphatic hydroxyl groups excluding tert-OH is 2. The highest BCUT2D eigenvalue weighted by atomic mass is 79.9. The van der Waals surface area contributed by atoms with Crippen LogP contribution in [0, 0.1) is 0 Å². The van der Waals surface area contributed by atoms with Crippen molar-refractivity contribution in [2.75, 3.05) is 13.2 Å².